The minimum atomic E-state index is 0. The number of hydrogen-bond acceptors (Lipinski definition) is 0. The van der Waals surface area contributed by atoms with Gasteiger partial charge in [0.2, 0.25) is 0 Å². The summed E-state index contributed by atoms with van der Waals surface area (Å²) in [6.45, 7) is 9.42. The van der Waals surface area contributed by atoms with Gasteiger partial charge in [-0.3, -0.25) is 0 Å². The van der Waals surface area contributed by atoms with Gasteiger partial charge in [-0.25, -0.2) is 0 Å². The van der Waals surface area contributed by atoms with Gasteiger partial charge in [0, 0.05) is 32.7 Å². The maximum absolute atomic E-state index is 4.44. The van der Waals surface area contributed by atoms with Gasteiger partial charge in [0.15, 0.2) is 0 Å². The molecule has 0 aromatic heterocycles. The van der Waals surface area contributed by atoms with E-state index in [2.05, 4.69) is 37.4 Å². The molecule has 0 unspecified atom stereocenters. The number of rotatable bonds is 1. The molecule has 2 rings (SSSR count). The first kappa shape index (κ1) is 16.1. The molecular formula is C14H21NY-2. The van der Waals surface area contributed by atoms with Crippen molar-refractivity contribution in [2.45, 2.75) is 40.0 Å². The van der Waals surface area contributed by atoms with Crippen LogP contribution in [-0.2, 0) is 39.1 Å². The van der Waals surface area contributed by atoms with Crippen LogP contribution in [0.3, 0.4) is 0 Å². The first-order valence-corrected chi connectivity index (χ1v) is 5.73. The topological polar surface area (TPSA) is 14.1 Å². The summed E-state index contributed by atoms with van der Waals surface area (Å²) in [5, 5.41) is 4.44. The fraction of sp³-hybridized carbons (Fsp3) is 0.500. The van der Waals surface area contributed by atoms with Gasteiger partial charge in [-0.05, 0) is 17.9 Å². The van der Waals surface area contributed by atoms with Crippen LogP contribution in [0.2, 0.25) is 0 Å². The zero-order chi connectivity index (χ0) is 11.3. The largest absolute Gasteiger partial charge is 0.684 e. The Bertz CT molecular complexity index is 308. The zero-order valence-electron chi connectivity index (χ0n) is 10.8. The van der Waals surface area contributed by atoms with Crippen molar-refractivity contribution in [3.05, 3.63) is 41.1 Å². The second-order valence-corrected chi connectivity index (χ2v) is 4.25. The predicted molar refractivity (Wildman–Crippen MR) is 67.8 cm³/mol. The molecule has 0 amide bonds. The van der Waals surface area contributed by atoms with E-state index in [1.54, 1.807) is 0 Å². The Morgan fingerprint density at radius 2 is 1.88 bits per heavy atom. The molecule has 1 aliphatic heterocycles. The van der Waals surface area contributed by atoms with Crippen LogP contribution in [0.25, 0.3) is 5.32 Å². The molecule has 1 aliphatic rings. The van der Waals surface area contributed by atoms with Gasteiger partial charge < -0.3 is 11.7 Å². The van der Waals surface area contributed by atoms with Gasteiger partial charge in [-0.1, -0.05) is 37.6 Å². The van der Waals surface area contributed by atoms with Crippen LogP contribution in [0.4, 0.5) is 5.69 Å². The number of benzene rings is 1. The molecule has 1 aromatic carbocycles. The average Bonchev–Trinajstić information content (AvgIpc) is 2.65. The molecule has 1 heterocycles. The van der Waals surface area contributed by atoms with E-state index < -0.39 is 0 Å². The fourth-order valence-corrected chi connectivity index (χ4v) is 1.60. The van der Waals surface area contributed by atoms with Crippen molar-refractivity contribution in [1.82, 2.24) is 0 Å². The Kier molecular flexibility index (Phi) is 8.31. The smallest absolute Gasteiger partial charge is 0 e. The maximum atomic E-state index is 4.44. The van der Waals surface area contributed by atoms with E-state index in [9.17, 15) is 0 Å². The zero-order valence-corrected chi connectivity index (χ0v) is 13.7. The van der Waals surface area contributed by atoms with Crippen LogP contribution >= 0.6 is 0 Å². The minimum absolute atomic E-state index is 0. The monoisotopic (exact) mass is 292 g/mol. The van der Waals surface area contributed by atoms with Crippen molar-refractivity contribution in [1.29, 1.82) is 0 Å². The number of hydrogen-bond donors (Lipinski definition) is 0. The first-order valence-electron chi connectivity index (χ1n) is 5.73. The molecular weight excluding hydrogens is 271 g/mol. The third kappa shape index (κ3) is 4.55. The third-order valence-electron chi connectivity index (χ3n) is 2.44. The molecule has 0 N–H and O–H groups in total. The van der Waals surface area contributed by atoms with Gasteiger partial charge >= 0.3 is 0 Å². The normalized spacial score (nSPS) is 12.1. The first-order chi connectivity index (χ1) is 7.19. The molecule has 0 saturated carbocycles. The Labute approximate surface area is 125 Å². The summed E-state index contributed by atoms with van der Waals surface area (Å²) < 4.78 is 0. The molecule has 16 heavy (non-hydrogen) atoms. The predicted octanol–water partition coefficient (Wildman–Crippen LogP) is 4.60. The van der Waals surface area contributed by atoms with Gasteiger partial charge in [0.05, 0.1) is 0 Å². The van der Waals surface area contributed by atoms with Crippen LogP contribution < -0.4 is 0 Å². The van der Waals surface area contributed by atoms with E-state index in [0.29, 0.717) is 5.92 Å². The van der Waals surface area contributed by atoms with E-state index in [1.807, 2.05) is 20.3 Å². The fourth-order valence-electron chi connectivity index (χ4n) is 1.60. The summed E-state index contributed by atoms with van der Waals surface area (Å²) >= 11 is 0. The van der Waals surface area contributed by atoms with Gasteiger partial charge in [-0.2, -0.15) is 13.8 Å². The summed E-state index contributed by atoms with van der Waals surface area (Å²) in [7, 11) is 0. The second-order valence-electron chi connectivity index (χ2n) is 4.25. The summed E-state index contributed by atoms with van der Waals surface area (Å²) in [6.07, 6.45) is 3.13. The number of fused-ring (bicyclic) bond motifs is 1. The van der Waals surface area contributed by atoms with Crippen molar-refractivity contribution in [3.8, 4) is 0 Å². The van der Waals surface area contributed by atoms with Crippen LogP contribution in [0.5, 0.6) is 0 Å². The number of nitrogens with zero attached hydrogens (tertiary/aromatic N) is 1. The van der Waals surface area contributed by atoms with Gasteiger partial charge in [0.1, 0.15) is 0 Å². The summed E-state index contributed by atoms with van der Waals surface area (Å²) in [6, 6.07) is 6.68. The Morgan fingerprint density at radius 3 is 2.44 bits per heavy atom. The van der Waals surface area contributed by atoms with E-state index in [-0.39, 0.29) is 32.7 Å². The molecule has 2 heteroatoms. The molecule has 1 aromatic rings. The Balaban J connectivity index is 0.000000511. The van der Waals surface area contributed by atoms with Gasteiger partial charge in [-0.15, -0.1) is 12.2 Å². The quantitative estimate of drug-likeness (QED) is 0.672. The molecule has 0 fully saturated rings. The minimum Gasteiger partial charge on any atom is -0.684 e. The van der Waals surface area contributed by atoms with Gasteiger partial charge in [0.25, 0.3) is 0 Å². The molecule has 0 aliphatic carbocycles. The molecule has 1 nitrogen and oxygen atoms in total. The van der Waals surface area contributed by atoms with Crippen molar-refractivity contribution in [2.75, 3.05) is 6.54 Å². The van der Waals surface area contributed by atoms with Crippen molar-refractivity contribution in [2.24, 2.45) is 0 Å². The maximum Gasteiger partial charge on any atom is 0 e. The van der Waals surface area contributed by atoms with Crippen molar-refractivity contribution < 1.29 is 32.7 Å². The van der Waals surface area contributed by atoms with Crippen LogP contribution in [0.15, 0.2) is 18.2 Å². The van der Waals surface area contributed by atoms with E-state index in [4.69, 9.17) is 0 Å². The molecule has 0 saturated heterocycles. The van der Waals surface area contributed by atoms with E-state index >= 15 is 0 Å². The van der Waals surface area contributed by atoms with Crippen LogP contribution in [-0.4, -0.2) is 6.54 Å². The standard InChI is InChI=1S/C11H14N.C3H7.Y/c1-8(2)10-4-3-9-5-6-12-11(9)7-10;1-3-2;/h3-4,7-8H,5-6H2,1-2H3;3H,1-2H3;/q2*-1;. The van der Waals surface area contributed by atoms with E-state index in [1.165, 1.54) is 16.8 Å². The molecule has 87 valence electrons. The second kappa shape index (κ2) is 8.25. The van der Waals surface area contributed by atoms with E-state index in [0.717, 1.165) is 13.0 Å². The van der Waals surface area contributed by atoms with Crippen LogP contribution in [0.1, 0.15) is 44.7 Å². The molecule has 1 radical (unpaired) electrons. The summed E-state index contributed by atoms with van der Waals surface area (Å²) in [5.74, 6) is 0.617. The summed E-state index contributed by atoms with van der Waals surface area (Å²) in [5.41, 5.74) is 4.04. The van der Waals surface area contributed by atoms with Crippen LogP contribution in [0, 0.1) is 6.42 Å². The summed E-state index contributed by atoms with van der Waals surface area (Å²) in [4.78, 5) is 0. The third-order valence-corrected chi connectivity index (χ3v) is 2.44. The Hall–Kier alpha value is 0.124. The average molecular weight is 292 g/mol. The van der Waals surface area contributed by atoms with Crippen molar-refractivity contribution >= 4 is 5.69 Å². The Morgan fingerprint density at radius 1 is 1.25 bits per heavy atom. The molecule has 0 spiro atoms. The van der Waals surface area contributed by atoms with Crippen molar-refractivity contribution in [3.63, 3.8) is 0 Å². The molecule has 0 bridgehead atoms. The molecule has 0 atom stereocenters. The SMILES string of the molecule is CC(C)c1ccc2c(c1)[N-]CC2.C[CH-]C.[Y].